The Bertz CT molecular complexity index is 1320. The molecule has 37 heavy (non-hydrogen) atoms. The number of phenolic OH excluding ortho intramolecular Hbond substituents is 1. The highest BCUT2D eigenvalue weighted by Gasteiger charge is 2.78. The average molecular weight is 520 g/mol. The average Bonchev–Trinajstić information content (AvgIpc) is 3.63. The molecule has 4 bridgehead atoms. The second kappa shape index (κ2) is 7.84. The van der Waals surface area contributed by atoms with Gasteiger partial charge in [-0.25, -0.2) is 0 Å². The lowest BCUT2D eigenvalue weighted by molar-refractivity contribution is -0.186. The molecule has 5 atom stereocenters. The van der Waals surface area contributed by atoms with Crippen LogP contribution in [0.4, 0.5) is 0 Å². The van der Waals surface area contributed by atoms with Crippen LogP contribution in [0.15, 0.2) is 54.1 Å². The minimum Gasteiger partial charge on any atom is -0.504 e. The van der Waals surface area contributed by atoms with Crippen LogP contribution in [-0.4, -0.2) is 51.7 Å². The molecule has 0 unspecified atom stereocenters. The lowest BCUT2D eigenvalue weighted by Gasteiger charge is -2.70. The lowest BCUT2D eigenvalue weighted by atomic mass is 9.37. The molecule has 2 N–H and O–H groups in total. The molecule has 6 heteroatoms. The standard InChI is InChI=1S/C31H33NO4.ClH/c33-23(10-8-19-4-2-1-3-5-19)22-17-29-12-13-31(22,35)28-30(29)14-15-32(18-20-6-7-20)25(29)16-21-9-11-24(34)27(36-28)26(21)30;/h1-5,9,11,17,20,25,28,34-35H,6-8,10,12-16,18H2;1H/t25-,28-,29-,30+,31-;/m1./s1. The highest BCUT2D eigenvalue weighted by atomic mass is 35.5. The Labute approximate surface area is 223 Å². The summed E-state index contributed by atoms with van der Waals surface area (Å²) in [6.45, 7) is 2.11. The molecule has 1 saturated heterocycles. The molecular formula is C31H34ClNO4. The summed E-state index contributed by atoms with van der Waals surface area (Å²) in [5, 5.41) is 23.2. The number of aliphatic hydroxyl groups is 1. The highest BCUT2D eigenvalue weighted by molar-refractivity contribution is 5.99. The van der Waals surface area contributed by atoms with Crippen LogP contribution in [-0.2, 0) is 23.1 Å². The number of aromatic hydroxyl groups is 1. The Hall–Kier alpha value is -2.34. The number of likely N-dealkylation sites (tertiary alicyclic amines) is 1. The number of ether oxygens (including phenoxy) is 1. The summed E-state index contributed by atoms with van der Waals surface area (Å²) in [5.74, 6) is 1.55. The zero-order valence-electron chi connectivity index (χ0n) is 21.0. The Morgan fingerprint density at radius 1 is 1.08 bits per heavy atom. The first-order chi connectivity index (χ1) is 17.5. The van der Waals surface area contributed by atoms with Crippen LogP contribution in [0.5, 0.6) is 11.5 Å². The number of hydrogen-bond donors (Lipinski definition) is 2. The molecule has 0 amide bonds. The van der Waals surface area contributed by atoms with Crippen LogP contribution in [0.1, 0.15) is 55.2 Å². The molecule has 0 aromatic heterocycles. The van der Waals surface area contributed by atoms with Gasteiger partial charge in [0, 0.05) is 35.6 Å². The third-order valence-corrected chi connectivity index (χ3v) is 10.6. The highest BCUT2D eigenvalue weighted by Crippen LogP contribution is 2.74. The van der Waals surface area contributed by atoms with Crippen molar-refractivity contribution in [2.45, 2.75) is 74.5 Å². The Morgan fingerprint density at radius 2 is 1.89 bits per heavy atom. The van der Waals surface area contributed by atoms with Crippen LogP contribution in [0.3, 0.4) is 0 Å². The van der Waals surface area contributed by atoms with Crippen LogP contribution in [0.25, 0.3) is 0 Å². The third-order valence-electron chi connectivity index (χ3n) is 10.6. The lowest BCUT2D eigenvalue weighted by Crippen LogP contribution is -2.78. The molecule has 2 aromatic carbocycles. The van der Waals surface area contributed by atoms with Gasteiger partial charge in [-0.2, -0.15) is 0 Å². The van der Waals surface area contributed by atoms with Crippen molar-refractivity contribution in [3.8, 4) is 11.5 Å². The van der Waals surface area contributed by atoms with E-state index in [2.05, 4.69) is 29.2 Å². The zero-order chi connectivity index (χ0) is 24.3. The van der Waals surface area contributed by atoms with Crippen molar-refractivity contribution in [1.82, 2.24) is 4.90 Å². The van der Waals surface area contributed by atoms with Gasteiger partial charge in [-0.1, -0.05) is 42.5 Å². The van der Waals surface area contributed by atoms with Gasteiger partial charge in [0.2, 0.25) is 0 Å². The molecule has 7 aliphatic rings. The van der Waals surface area contributed by atoms with E-state index in [1.165, 1.54) is 18.4 Å². The predicted molar refractivity (Wildman–Crippen MR) is 142 cm³/mol. The summed E-state index contributed by atoms with van der Waals surface area (Å²) in [7, 11) is 0. The molecule has 2 aromatic rings. The largest absolute Gasteiger partial charge is 0.504 e. The normalized spacial score (nSPS) is 36.3. The fraction of sp³-hybridized carbons (Fsp3) is 0.516. The van der Waals surface area contributed by atoms with E-state index in [1.807, 2.05) is 18.2 Å². The van der Waals surface area contributed by atoms with Crippen molar-refractivity contribution in [2.24, 2.45) is 11.3 Å². The van der Waals surface area contributed by atoms with E-state index in [-0.39, 0.29) is 34.8 Å². The summed E-state index contributed by atoms with van der Waals surface area (Å²) in [6, 6.07) is 14.2. The molecule has 2 heterocycles. The number of piperidine rings is 1. The first kappa shape index (κ1) is 23.8. The molecule has 2 saturated carbocycles. The van der Waals surface area contributed by atoms with Crippen LogP contribution >= 0.6 is 12.4 Å². The van der Waals surface area contributed by atoms with Crippen molar-refractivity contribution in [3.63, 3.8) is 0 Å². The number of Topliss-reactive ketones (excluding diaryl/α,β-unsaturated/α-hetero) is 1. The summed E-state index contributed by atoms with van der Waals surface area (Å²) < 4.78 is 6.60. The molecule has 3 fully saturated rings. The number of ketones is 1. The monoisotopic (exact) mass is 519 g/mol. The molecule has 2 aliphatic heterocycles. The minimum absolute atomic E-state index is 0. The second-order valence-electron chi connectivity index (χ2n) is 12.3. The third kappa shape index (κ3) is 2.91. The molecule has 5 nitrogen and oxygen atoms in total. The molecule has 9 rings (SSSR count). The van der Waals surface area contributed by atoms with E-state index in [4.69, 9.17) is 4.74 Å². The maximum absolute atomic E-state index is 13.8. The number of rotatable bonds is 6. The first-order valence-corrected chi connectivity index (χ1v) is 13.8. The SMILES string of the molecule is Cl.O=C(CCc1ccccc1)C1=C[C@@]23CC[C@]1(O)[C@@H]1Oc4c(O)ccc5c4[C@@]12CCN(CC1CC1)[C@@H]3C5. The number of phenols is 1. The molecule has 194 valence electrons. The van der Waals surface area contributed by atoms with Crippen molar-refractivity contribution >= 4 is 18.2 Å². The summed E-state index contributed by atoms with van der Waals surface area (Å²) in [5.41, 5.74) is 2.13. The molecular weight excluding hydrogens is 486 g/mol. The van der Waals surface area contributed by atoms with Gasteiger partial charge in [-0.05, 0) is 74.6 Å². The fourth-order valence-electron chi connectivity index (χ4n) is 8.91. The number of nitrogens with zero attached hydrogens (tertiary/aromatic N) is 1. The van der Waals surface area contributed by atoms with Gasteiger partial charge in [0.05, 0.1) is 5.41 Å². The van der Waals surface area contributed by atoms with Gasteiger partial charge in [0.15, 0.2) is 17.3 Å². The Morgan fingerprint density at radius 3 is 2.68 bits per heavy atom. The Balaban J connectivity index is 0.00000231. The van der Waals surface area contributed by atoms with E-state index in [9.17, 15) is 15.0 Å². The summed E-state index contributed by atoms with van der Waals surface area (Å²) in [6.07, 6.45) is 8.61. The predicted octanol–water partition coefficient (Wildman–Crippen LogP) is 4.51. The van der Waals surface area contributed by atoms with E-state index >= 15 is 0 Å². The summed E-state index contributed by atoms with van der Waals surface area (Å²) >= 11 is 0. The first-order valence-electron chi connectivity index (χ1n) is 13.8. The number of fused-ring (bicyclic) bond motifs is 1. The van der Waals surface area contributed by atoms with Crippen LogP contribution < -0.4 is 4.74 Å². The van der Waals surface area contributed by atoms with E-state index in [0.717, 1.165) is 49.4 Å². The number of halogens is 1. The van der Waals surface area contributed by atoms with Gasteiger partial charge in [-0.3, -0.25) is 9.69 Å². The number of hydrogen-bond acceptors (Lipinski definition) is 5. The fourth-order valence-corrected chi connectivity index (χ4v) is 8.91. The second-order valence-corrected chi connectivity index (χ2v) is 12.3. The van der Waals surface area contributed by atoms with Gasteiger partial charge in [0.1, 0.15) is 11.7 Å². The van der Waals surface area contributed by atoms with Crippen LogP contribution in [0.2, 0.25) is 0 Å². The van der Waals surface area contributed by atoms with E-state index in [0.29, 0.717) is 36.6 Å². The minimum atomic E-state index is -1.32. The smallest absolute Gasteiger partial charge is 0.165 e. The van der Waals surface area contributed by atoms with Crippen molar-refractivity contribution < 1.29 is 19.7 Å². The van der Waals surface area contributed by atoms with Crippen LogP contribution in [0, 0.1) is 11.3 Å². The molecule has 0 radical (unpaired) electrons. The molecule has 2 spiro atoms. The van der Waals surface area contributed by atoms with E-state index in [1.54, 1.807) is 6.07 Å². The van der Waals surface area contributed by atoms with Crippen molar-refractivity contribution in [1.29, 1.82) is 0 Å². The maximum atomic E-state index is 13.8. The number of carbonyl (C=O) groups excluding carboxylic acids is 1. The number of carbonyl (C=O) groups is 1. The number of benzene rings is 2. The van der Waals surface area contributed by atoms with Gasteiger partial charge in [0.25, 0.3) is 0 Å². The quantitative estimate of drug-likeness (QED) is 0.588. The Kier molecular flexibility index (Phi) is 5.04. The molecule has 5 aliphatic carbocycles. The topological polar surface area (TPSA) is 70.0 Å². The zero-order valence-corrected chi connectivity index (χ0v) is 21.8. The van der Waals surface area contributed by atoms with Gasteiger partial charge in [-0.15, -0.1) is 12.4 Å². The van der Waals surface area contributed by atoms with Crippen molar-refractivity contribution in [2.75, 3.05) is 13.1 Å². The van der Waals surface area contributed by atoms with E-state index < -0.39 is 11.7 Å². The summed E-state index contributed by atoms with van der Waals surface area (Å²) in [4.78, 5) is 16.5. The van der Waals surface area contributed by atoms with Gasteiger partial charge >= 0.3 is 0 Å². The van der Waals surface area contributed by atoms with Crippen molar-refractivity contribution in [3.05, 3.63) is 70.8 Å². The van der Waals surface area contributed by atoms with Gasteiger partial charge < -0.3 is 14.9 Å². The number of aryl methyl sites for hydroxylation is 1. The maximum Gasteiger partial charge on any atom is 0.165 e.